The third-order valence-electron chi connectivity index (χ3n) is 3.42. The predicted octanol–water partition coefficient (Wildman–Crippen LogP) is 2.73. The van der Waals surface area contributed by atoms with E-state index in [9.17, 15) is 4.79 Å². The Bertz CT molecular complexity index is 434. The van der Waals surface area contributed by atoms with Crippen LogP contribution in [0, 0.1) is 0 Å². The van der Waals surface area contributed by atoms with Crippen LogP contribution in [0.5, 0.6) is 0 Å². The van der Waals surface area contributed by atoms with E-state index >= 15 is 0 Å². The third kappa shape index (κ3) is 4.09. The first kappa shape index (κ1) is 13.6. The molecule has 1 amide bonds. The second-order valence-electron chi connectivity index (χ2n) is 4.85. The van der Waals surface area contributed by atoms with Crippen molar-refractivity contribution < 1.29 is 9.63 Å². The van der Waals surface area contributed by atoms with Gasteiger partial charge in [0, 0.05) is 11.6 Å². The van der Waals surface area contributed by atoms with Crippen molar-refractivity contribution >= 4 is 12.1 Å². The lowest BCUT2D eigenvalue weighted by Crippen LogP contribution is -2.36. The Labute approximate surface area is 113 Å². The van der Waals surface area contributed by atoms with E-state index < -0.39 is 0 Å². The van der Waals surface area contributed by atoms with Crippen LogP contribution in [0.3, 0.4) is 0 Å². The zero-order valence-electron chi connectivity index (χ0n) is 11.3. The molecule has 4 heteroatoms. The van der Waals surface area contributed by atoms with Crippen molar-refractivity contribution in [1.29, 1.82) is 0 Å². The summed E-state index contributed by atoms with van der Waals surface area (Å²) in [5.41, 5.74) is 1.61. The number of carbonyl (C=O) groups is 1. The molecule has 1 aromatic carbocycles. The van der Waals surface area contributed by atoms with Gasteiger partial charge in [-0.1, -0.05) is 36.6 Å². The van der Waals surface area contributed by atoms with E-state index in [0.717, 1.165) is 18.4 Å². The maximum Gasteiger partial charge on any atom is 0.251 e. The molecule has 1 fully saturated rings. The molecule has 1 saturated carbocycles. The summed E-state index contributed by atoms with van der Waals surface area (Å²) in [6.07, 6.45) is 7.55. The number of amides is 1. The molecule has 19 heavy (non-hydrogen) atoms. The van der Waals surface area contributed by atoms with E-state index in [1.165, 1.54) is 26.4 Å². The molecule has 0 bridgehead atoms. The second kappa shape index (κ2) is 6.92. The average Bonchev–Trinajstić information content (AvgIpc) is 2.46. The van der Waals surface area contributed by atoms with Gasteiger partial charge in [0.15, 0.2) is 0 Å². The molecule has 1 aliphatic carbocycles. The van der Waals surface area contributed by atoms with Crippen molar-refractivity contribution in [3.63, 3.8) is 0 Å². The highest BCUT2D eigenvalue weighted by Crippen LogP contribution is 2.17. The molecule has 1 aliphatic rings. The summed E-state index contributed by atoms with van der Waals surface area (Å²) >= 11 is 0. The van der Waals surface area contributed by atoms with Crippen LogP contribution in [-0.4, -0.2) is 25.3 Å². The Balaban J connectivity index is 1.93. The third-order valence-corrected chi connectivity index (χ3v) is 3.42. The second-order valence-corrected chi connectivity index (χ2v) is 4.85. The molecule has 0 unspecified atom stereocenters. The number of rotatable bonds is 4. The van der Waals surface area contributed by atoms with Crippen LogP contribution >= 0.6 is 0 Å². The number of nitrogens with one attached hydrogen (secondary N) is 1. The number of hydrogen-bond donors (Lipinski definition) is 1. The van der Waals surface area contributed by atoms with E-state index in [0.29, 0.717) is 11.6 Å². The first-order valence-corrected chi connectivity index (χ1v) is 6.77. The summed E-state index contributed by atoms with van der Waals surface area (Å²) in [6.45, 7) is 0. The zero-order chi connectivity index (χ0) is 13.5. The van der Waals surface area contributed by atoms with Crippen molar-refractivity contribution in [2.24, 2.45) is 5.16 Å². The molecule has 1 N–H and O–H groups in total. The van der Waals surface area contributed by atoms with E-state index in [4.69, 9.17) is 0 Å². The number of hydrogen-bond acceptors (Lipinski definition) is 3. The summed E-state index contributed by atoms with van der Waals surface area (Å²) in [5.74, 6) is 0.0159. The molecule has 102 valence electrons. The standard InChI is InChI=1S/C15H20N2O2/c1-19-16-11-12-7-9-13(10-8-12)15(18)17-14-5-3-2-4-6-14/h7-11,14H,2-6H2,1H3,(H,17,18)/b16-11+. The highest BCUT2D eigenvalue weighted by Gasteiger charge is 2.16. The van der Waals surface area contributed by atoms with E-state index in [-0.39, 0.29) is 5.91 Å². The van der Waals surface area contributed by atoms with Crippen molar-refractivity contribution in [2.75, 3.05) is 7.11 Å². The van der Waals surface area contributed by atoms with Gasteiger partial charge in [-0.2, -0.15) is 0 Å². The van der Waals surface area contributed by atoms with Crippen molar-refractivity contribution in [3.05, 3.63) is 35.4 Å². The van der Waals surface area contributed by atoms with Crippen LogP contribution in [0.2, 0.25) is 0 Å². The molecule has 0 radical (unpaired) electrons. The molecule has 1 aromatic rings. The van der Waals surface area contributed by atoms with Crippen LogP contribution in [0.15, 0.2) is 29.4 Å². The fourth-order valence-corrected chi connectivity index (χ4v) is 2.35. The fourth-order valence-electron chi connectivity index (χ4n) is 2.35. The molecule has 4 nitrogen and oxygen atoms in total. The maximum atomic E-state index is 12.1. The van der Waals surface area contributed by atoms with Gasteiger partial charge in [0.25, 0.3) is 5.91 Å². The highest BCUT2D eigenvalue weighted by atomic mass is 16.6. The number of benzene rings is 1. The minimum Gasteiger partial charge on any atom is -0.399 e. The quantitative estimate of drug-likeness (QED) is 0.668. The molecule has 0 spiro atoms. The van der Waals surface area contributed by atoms with Crippen LogP contribution in [-0.2, 0) is 4.84 Å². The SMILES string of the molecule is CO/N=C/c1ccc(C(=O)NC2CCCCC2)cc1. The van der Waals surface area contributed by atoms with Crippen molar-refractivity contribution in [2.45, 2.75) is 38.1 Å². The molecule has 0 aliphatic heterocycles. The minimum atomic E-state index is 0.0159. The monoisotopic (exact) mass is 260 g/mol. The first-order chi connectivity index (χ1) is 9.29. The van der Waals surface area contributed by atoms with Gasteiger partial charge in [-0.3, -0.25) is 4.79 Å². The van der Waals surface area contributed by atoms with Crippen LogP contribution < -0.4 is 5.32 Å². The molecule has 0 aromatic heterocycles. The van der Waals surface area contributed by atoms with Crippen LogP contribution in [0.4, 0.5) is 0 Å². The van der Waals surface area contributed by atoms with Gasteiger partial charge in [0.05, 0.1) is 6.21 Å². The van der Waals surface area contributed by atoms with Gasteiger partial charge < -0.3 is 10.2 Å². The predicted molar refractivity (Wildman–Crippen MR) is 75.4 cm³/mol. The van der Waals surface area contributed by atoms with E-state index in [2.05, 4.69) is 15.3 Å². The van der Waals surface area contributed by atoms with Gasteiger partial charge in [-0.15, -0.1) is 0 Å². The van der Waals surface area contributed by atoms with Gasteiger partial charge in [0.2, 0.25) is 0 Å². The number of carbonyl (C=O) groups excluding carboxylic acids is 1. The Kier molecular flexibility index (Phi) is 4.95. The molecular weight excluding hydrogens is 240 g/mol. The zero-order valence-corrected chi connectivity index (χ0v) is 11.3. The van der Waals surface area contributed by atoms with Gasteiger partial charge in [-0.25, -0.2) is 0 Å². The molecule has 0 atom stereocenters. The summed E-state index contributed by atoms with van der Waals surface area (Å²) in [7, 11) is 1.50. The smallest absolute Gasteiger partial charge is 0.251 e. The lowest BCUT2D eigenvalue weighted by atomic mass is 9.95. The van der Waals surface area contributed by atoms with Gasteiger partial charge >= 0.3 is 0 Å². The van der Waals surface area contributed by atoms with Crippen molar-refractivity contribution in [1.82, 2.24) is 5.32 Å². The number of oxime groups is 1. The number of nitrogens with zero attached hydrogens (tertiary/aromatic N) is 1. The topological polar surface area (TPSA) is 50.7 Å². The summed E-state index contributed by atoms with van der Waals surface area (Å²) < 4.78 is 0. The Hall–Kier alpha value is -1.84. The molecule has 0 saturated heterocycles. The Morgan fingerprint density at radius 1 is 1.26 bits per heavy atom. The Morgan fingerprint density at radius 3 is 2.58 bits per heavy atom. The summed E-state index contributed by atoms with van der Waals surface area (Å²) in [6, 6.07) is 7.69. The summed E-state index contributed by atoms with van der Waals surface area (Å²) in [4.78, 5) is 16.7. The highest BCUT2D eigenvalue weighted by molar-refractivity contribution is 5.95. The average molecular weight is 260 g/mol. The van der Waals surface area contributed by atoms with Gasteiger partial charge in [-0.05, 0) is 30.5 Å². The molecule has 2 rings (SSSR count). The molecular formula is C15H20N2O2. The lowest BCUT2D eigenvalue weighted by Gasteiger charge is -2.22. The van der Waals surface area contributed by atoms with Crippen molar-refractivity contribution in [3.8, 4) is 0 Å². The fraction of sp³-hybridized carbons (Fsp3) is 0.467. The van der Waals surface area contributed by atoms with E-state index in [1.807, 2.05) is 24.3 Å². The Morgan fingerprint density at radius 2 is 1.95 bits per heavy atom. The maximum absolute atomic E-state index is 12.1. The molecule has 0 heterocycles. The summed E-state index contributed by atoms with van der Waals surface area (Å²) in [5, 5.41) is 6.79. The van der Waals surface area contributed by atoms with Crippen LogP contribution in [0.1, 0.15) is 48.0 Å². The first-order valence-electron chi connectivity index (χ1n) is 6.77. The normalized spacial score (nSPS) is 16.5. The lowest BCUT2D eigenvalue weighted by molar-refractivity contribution is 0.0927. The van der Waals surface area contributed by atoms with Crippen LogP contribution in [0.25, 0.3) is 0 Å². The largest absolute Gasteiger partial charge is 0.399 e. The van der Waals surface area contributed by atoms with Gasteiger partial charge in [0.1, 0.15) is 7.11 Å². The minimum absolute atomic E-state index is 0.0159. The van der Waals surface area contributed by atoms with E-state index in [1.54, 1.807) is 6.21 Å².